The van der Waals surface area contributed by atoms with Crippen LogP contribution >= 0.6 is 0 Å². The van der Waals surface area contributed by atoms with Crippen molar-refractivity contribution in [3.63, 3.8) is 0 Å². The monoisotopic (exact) mass is 195 g/mol. The lowest BCUT2D eigenvalue weighted by Crippen LogP contribution is -1.82. The van der Waals surface area contributed by atoms with Gasteiger partial charge >= 0.3 is 0 Å². The number of rotatable bonds is 2. The molecule has 0 aliphatic rings. The van der Waals surface area contributed by atoms with Gasteiger partial charge in [0.2, 0.25) is 0 Å². The summed E-state index contributed by atoms with van der Waals surface area (Å²) >= 11 is 0. The molecule has 2 heteroatoms. The van der Waals surface area contributed by atoms with Gasteiger partial charge in [0.1, 0.15) is 11.5 Å². The Morgan fingerprint density at radius 3 is 2.33 bits per heavy atom. The minimum absolute atomic E-state index is 0.587. The molecule has 0 aliphatic carbocycles. The van der Waals surface area contributed by atoms with E-state index in [1.54, 1.807) is 12.1 Å². The van der Waals surface area contributed by atoms with Gasteiger partial charge in [0.25, 0.3) is 0 Å². The van der Waals surface area contributed by atoms with Gasteiger partial charge in [-0.2, -0.15) is 0 Å². The average molecular weight is 195 g/mol. The lowest BCUT2D eigenvalue weighted by atomic mass is 10.3. The molecule has 0 heterocycles. The molecule has 15 heavy (non-hydrogen) atoms. The molecule has 0 aromatic heterocycles. The zero-order valence-electron chi connectivity index (χ0n) is 8.05. The third-order valence-electron chi connectivity index (χ3n) is 1.93. The van der Waals surface area contributed by atoms with Crippen molar-refractivity contribution >= 4 is 5.69 Å². The SMILES string of the molecule is [C-]#[N+]c1cccc(Oc2ccccc2)c1. The Hall–Kier alpha value is -2.27. The molecule has 0 amide bonds. The van der Waals surface area contributed by atoms with Gasteiger partial charge in [-0.3, -0.25) is 0 Å². The topological polar surface area (TPSA) is 13.6 Å². The third-order valence-corrected chi connectivity index (χ3v) is 1.93. The summed E-state index contributed by atoms with van der Waals surface area (Å²) < 4.78 is 5.58. The number of hydrogen-bond donors (Lipinski definition) is 0. The van der Waals surface area contributed by atoms with Crippen LogP contribution in [0.4, 0.5) is 5.69 Å². The molecular weight excluding hydrogens is 186 g/mol. The van der Waals surface area contributed by atoms with E-state index in [4.69, 9.17) is 11.3 Å². The molecular formula is C13H9NO. The molecule has 0 N–H and O–H groups in total. The molecule has 0 saturated carbocycles. The van der Waals surface area contributed by atoms with Crippen molar-refractivity contribution in [3.8, 4) is 11.5 Å². The molecule has 2 rings (SSSR count). The van der Waals surface area contributed by atoms with Gasteiger partial charge in [-0.05, 0) is 24.3 Å². The normalized spacial score (nSPS) is 9.27. The Morgan fingerprint density at radius 1 is 0.867 bits per heavy atom. The predicted octanol–water partition coefficient (Wildman–Crippen LogP) is 4.03. The lowest BCUT2D eigenvalue weighted by molar-refractivity contribution is 0.483. The maximum absolute atomic E-state index is 6.89. The molecule has 2 nitrogen and oxygen atoms in total. The maximum atomic E-state index is 6.89. The first kappa shape index (κ1) is 9.29. The van der Waals surface area contributed by atoms with E-state index in [1.807, 2.05) is 42.5 Å². The fourth-order valence-corrected chi connectivity index (χ4v) is 1.24. The summed E-state index contributed by atoms with van der Waals surface area (Å²) in [5.41, 5.74) is 0.587. The molecule has 2 aromatic carbocycles. The molecule has 0 fully saturated rings. The van der Waals surface area contributed by atoms with Gasteiger partial charge in [-0.1, -0.05) is 30.3 Å². The number of ether oxygens (including phenoxy) is 1. The molecule has 0 spiro atoms. The Morgan fingerprint density at radius 2 is 1.60 bits per heavy atom. The molecule has 0 bridgehead atoms. The van der Waals surface area contributed by atoms with E-state index in [9.17, 15) is 0 Å². The van der Waals surface area contributed by atoms with E-state index >= 15 is 0 Å². The average Bonchev–Trinajstić information content (AvgIpc) is 2.31. The summed E-state index contributed by atoms with van der Waals surface area (Å²) in [7, 11) is 0. The molecule has 0 saturated heterocycles. The largest absolute Gasteiger partial charge is 0.459 e. The first-order valence-corrected chi connectivity index (χ1v) is 4.59. The second-order valence-corrected chi connectivity index (χ2v) is 3.02. The quantitative estimate of drug-likeness (QED) is 0.659. The van der Waals surface area contributed by atoms with Crippen LogP contribution < -0.4 is 4.74 Å². The Bertz CT molecular complexity index is 485. The minimum Gasteiger partial charge on any atom is -0.459 e. The molecule has 2 aromatic rings. The minimum atomic E-state index is 0.587. The van der Waals surface area contributed by atoms with E-state index in [0.29, 0.717) is 11.4 Å². The van der Waals surface area contributed by atoms with E-state index in [-0.39, 0.29) is 0 Å². The van der Waals surface area contributed by atoms with E-state index in [0.717, 1.165) is 5.75 Å². The number of para-hydroxylation sites is 1. The Kier molecular flexibility index (Phi) is 2.66. The van der Waals surface area contributed by atoms with Gasteiger partial charge in [0.05, 0.1) is 6.57 Å². The van der Waals surface area contributed by atoms with Gasteiger partial charge in [-0.15, -0.1) is 0 Å². The van der Waals surface area contributed by atoms with Crippen LogP contribution in [0.25, 0.3) is 4.85 Å². The van der Waals surface area contributed by atoms with Crippen LogP contribution in [0.3, 0.4) is 0 Å². The highest BCUT2D eigenvalue weighted by Gasteiger charge is 1.97. The summed E-state index contributed by atoms with van der Waals surface area (Å²) in [4.78, 5) is 3.34. The van der Waals surface area contributed by atoms with Crippen LogP contribution in [0.1, 0.15) is 0 Å². The molecule has 72 valence electrons. The fourth-order valence-electron chi connectivity index (χ4n) is 1.24. The second kappa shape index (κ2) is 4.30. The van der Waals surface area contributed by atoms with Crippen molar-refractivity contribution in [3.05, 3.63) is 66.0 Å². The van der Waals surface area contributed by atoms with Gasteiger partial charge in [0.15, 0.2) is 5.69 Å². The third kappa shape index (κ3) is 2.35. The van der Waals surface area contributed by atoms with Crippen molar-refractivity contribution < 1.29 is 4.74 Å². The zero-order valence-corrected chi connectivity index (χ0v) is 8.05. The molecule has 0 aliphatic heterocycles. The van der Waals surface area contributed by atoms with Crippen LogP contribution in [0.2, 0.25) is 0 Å². The summed E-state index contributed by atoms with van der Waals surface area (Å²) in [5, 5.41) is 0. The van der Waals surface area contributed by atoms with Gasteiger partial charge in [-0.25, -0.2) is 4.85 Å². The first-order valence-electron chi connectivity index (χ1n) is 4.59. The van der Waals surface area contributed by atoms with Crippen LogP contribution in [0, 0.1) is 6.57 Å². The smallest absolute Gasteiger partial charge is 0.190 e. The zero-order chi connectivity index (χ0) is 10.5. The van der Waals surface area contributed by atoms with Crippen LogP contribution in [0.15, 0.2) is 54.6 Å². The molecule has 0 unspecified atom stereocenters. The van der Waals surface area contributed by atoms with E-state index in [2.05, 4.69) is 4.85 Å². The second-order valence-electron chi connectivity index (χ2n) is 3.02. The molecule has 0 atom stereocenters. The van der Waals surface area contributed by atoms with Crippen LogP contribution in [-0.2, 0) is 0 Å². The van der Waals surface area contributed by atoms with Crippen molar-refractivity contribution in [1.82, 2.24) is 0 Å². The van der Waals surface area contributed by atoms with Gasteiger partial charge in [0, 0.05) is 0 Å². The number of hydrogen-bond acceptors (Lipinski definition) is 1. The van der Waals surface area contributed by atoms with Crippen LogP contribution in [-0.4, -0.2) is 0 Å². The van der Waals surface area contributed by atoms with Crippen molar-refractivity contribution in [2.45, 2.75) is 0 Å². The summed E-state index contributed by atoms with van der Waals surface area (Å²) in [6.45, 7) is 6.89. The predicted molar refractivity (Wildman–Crippen MR) is 59.2 cm³/mol. The summed E-state index contributed by atoms with van der Waals surface area (Å²) in [5.74, 6) is 1.47. The highest BCUT2D eigenvalue weighted by molar-refractivity contribution is 5.49. The highest BCUT2D eigenvalue weighted by Crippen LogP contribution is 2.24. The van der Waals surface area contributed by atoms with Crippen molar-refractivity contribution in [1.29, 1.82) is 0 Å². The van der Waals surface area contributed by atoms with E-state index in [1.165, 1.54) is 0 Å². The maximum Gasteiger partial charge on any atom is 0.190 e. The Labute approximate surface area is 88.6 Å². The molecule has 0 radical (unpaired) electrons. The fraction of sp³-hybridized carbons (Fsp3) is 0. The lowest BCUT2D eigenvalue weighted by Gasteiger charge is -2.04. The van der Waals surface area contributed by atoms with Crippen LogP contribution in [0.5, 0.6) is 11.5 Å². The van der Waals surface area contributed by atoms with Crippen molar-refractivity contribution in [2.75, 3.05) is 0 Å². The van der Waals surface area contributed by atoms with Crippen molar-refractivity contribution in [2.24, 2.45) is 0 Å². The Balaban J connectivity index is 2.22. The number of benzene rings is 2. The van der Waals surface area contributed by atoms with Gasteiger partial charge < -0.3 is 4.74 Å². The highest BCUT2D eigenvalue weighted by atomic mass is 16.5. The summed E-state index contributed by atoms with van der Waals surface area (Å²) in [6, 6.07) is 16.6. The summed E-state index contributed by atoms with van der Waals surface area (Å²) in [6.07, 6.45) is 0. The first-order chi connectivity index (χ1) is 7.38. The van der Waals surface area contributed by atoms with E-state index < -0.39 is 0 Å². The standard InChI is InChI=1S/C13H9NO/c1-14-11-6-5-9-13(10-11)15-12-7-3-2-4-8-12/h2-10H. The number of nitrogens with zero attached hydrogens (tertiary/aromatic N) is 1.